The molecule has 0 amide bonds. The summed E-state index contributed by atoms with van der Waals surface area (Å²) in [4.78, 5) is 15.9. The zero-order valence-electron chi connectivity index (χ0n) is 35.5. The van der Waals surface area contributed by atoms with Crippen LogP contribution in [0.3, 0.4) is 0 Å². The molecule has 0 saturated heterocycles. The SMILES string of the molecule is CC(C)(C)C1(C(C)(C)C)COC(c2ccc(-c3cc(-c4ccc(-c5ccccc5)cc4)cc(-c4ccc(C5=NC(C(C)(C)C)(C(C)(C)C)CO5)cc4)n3)cc2)=N1. The van der Waals surface area contributed by atoms with Gasteiger partial charge in [-0.15, -0.1) is 0 Å². The van der Waals surface area contributed by atoms with Gasteiger partial charge in [-0.1, -0.05) is 162 Å². The van der Waals surface area contributed by atoms with Crippen molar-refractivity contribution in [3.8, 4) is 44.8 Å². The molecular formula is C51H59N3O2. The molecule has 2 aliphatic heterocycles. The summed E-state index contributed by atoms with van der Waals surface area (Å²) >= 11 is 0. The molecule has 0 saturated carbocycles. The zero-order chi connectivity index (χ0) is 40.3. The van der Waals surface area contributed by atoms with Crippen molar-refractivity contribution in [3.63, 3.8) is 0 Å². The number of nitrogens with zero attached hydrogens (tertiary/aromatic N) is 3. The topological polar surface area (TPSA) is 56.1 Å². The van der Waals surface area contributed by atoms with Crippen molar-refractivity contribution in [1.29, 1.82) is 0 Å². The summed E-state index contributed by atoms with van der Waals surface area (Å²) in [5.41, 5.74) is 9.52. The van der Waals surface area contributed by atoms with E-state index in [1.807, 2.05) is 0 Å². The van der Waals surface area contributed by atoms with Crippen LogP contribution in [0.2, 0.25) is 0 Å². The van der Waals surface area contributed by atoms with E-state index in [1.165, 1.54) is 11.1 Å². The lowest BCUT2D eigenvalue weighted by molar-refractivity contribution is 0.0364. The number of aromatic nitrogens is 1. The highest BCUT2D eigenvalue weighted by atomic mass is 16.5. The molecule has 0 fully saturated rings. The van der Waals surface area contributed by atoms with Gasteiger partial charge in [-0.3, -0.25) is 0 Å². The quantitative estimate of drug-likeness (QED) is 0.174. The van der Waals surface area contributed by atoms with Gasteiger partial charge in [0.05, 0.1) is 11.4 Å². The molecule has 5 nitrogen and oxygen atoms in total. The second-order valence-electron chi connectivity index (χ2n) is 19.9. The van der Waals surface area contributed by atoms with E-state index >= 15 is 0 Å². The Morgan fingerprint density at radius 3 is 1.02 bits per heavy atom. The Kier molecular flexibility index (Phi) is 9.71. The van der Waals surface area contributed by atoms with Crippen LogP contribution in [0.1, 0.15) is 94.2 Å². The fourth-order valence-corrected chi connectivity index (χ4v) is 8.95. The van der Waals surface area contributed by atoms with Gasteiger partial charge in [0.15, 0.2) is 0 Å². The Morgan fingerprint density at radius 2 is 0.679 bits per heavy atom. The van der Waals surface area contributed by atoms with Crippen molar-refractivity contribution in [2.24, 2.45) is 31.6 Å². The average Bonchev–Trinajstić information content (AvgIpc) is 3.84. The van der Waals surface area contributed by atoms with Gasteiger partial charge in [0.2, 0.25) is 11.8 Å². The zero-order valence-corrected chi connectivity index (χ0v) is 35.5. The van der Waals surface area contributed by atoms with E-state index in [0.29, 0.717) is 25.0 Å². The number of hydrogen-bond donors (Lipinski definition) is 0. The summed E-state index contributed by atoms with van der Waals surface area (Å²) in [6, 6.07) is 40.7. The third-order valence-electron chi connectivity index (χ3n) is 12.4. The first-order chi connectivity index (χ1) is 26.2. The van der Waals surface area contributed by atoms with E-state index < -0.39 is 0 Å². The number of aliphatic imine (C=N–C) groups is 2. The highest BCUT2D eigenvalue weighted by Crippen LogP contribution is 2.51. The summed E-state index contributed by atoms with van der Waals surface area (Å²) in [5.74, 6) is 1.42. The van der Waals surface area contributed by atoms with Gasteiger partial charge in [-0.25, -0.2) is 15.0 Å². The lowest BCUT2D eigenvalue weighted by Crippen LogP contribution is -2.52. The van der Waals surface area contributed by atoms with Crippen molar-refractivity contribution in [2.45, 2.75) is 94.2 Å². The Morgan fingerprint density at radius 1 is 0.375 bits per heavy atom. The first-order valence-electron chi connectivity index (χ1n) is 20.1. The van der Waals surface area contributed by atoms with Crippen molar-refractivity contribution in [2.75, 3.05) is 13.2 Å². The van der Waals surface area contributed by atoms with Gasteiger partial charge < -0.3 is 9.47 Å². The number of hydrogen-bond acceptors (Lipinski definition) is 5. The smallest absolute Gasteiger partial charge is 0.216 e. The third kappa shape index (κ3) is 6.99. The van der Waals surface area contributed by atoms with Crippen LogP contribution < -0.4 is 0 Å². The normalized spacial score (nSPS) is 16.9. The van der Waals surface area contributed by atoms with Crippen LogP contribution in [0.5, 0.6) is 0 Å². The van der Waals surface area contributed by atoms with Gasteiger partial charge in [0, 0.05) is 22.3 Å². The van der Waals surface area contributed by atoms with Gasteiger partial charge >= 0.3 is 0 Å². The van der Waals surface area contributed by atoms with Crippen LogP contribution in [0.25, 0.3) is 44.8 Å². The molecule has 5 heteroatoms. The van der Waals surface area contributed by atoms with Crippen LogP contribution in [-0.4, -0.2) is 41.1 Å². The van der Waals surface area contributed by atoms with E-state index in [9.17, 15) is 0 Å². The monoisotopic (exact) mass is 745 g/mol. The maximum atomic E-state index is 6.36. The van der Waals surface area contributed by atoms with Crippen LogP contribution in [-0.2, 0) is 9.47 Å². The van der Waals surface area contributed by atoms with Crippen molar-refractivity contribution in [1.82, 2.24) is 4.98 Å². The minimum Gasteiger partial charge on any atom is -0.475 e. The lowest BCUT2D eigenvalue weighted by atomic mass is 9.61. The van der Waals surface area contributed by atoms with Crippen molar-refractivity contribution < 1.29 is 9.47 Å². The van der Waals surface area contributed by atoms with E-state index in [-0.39, 0.29) is 32.7 Å². The fraction of sp³-hybridized carbons (Fsp3) is 0.392. The molecule has 0 aliphatic carbocycles. The minimum atomic E-state index is -0.330. The largest absolute Gasteiger partial charge is 0.475 e. The molecule has 0 radical (unpaired) electrons. The van der Waals surface area contributed by atoms with E-state index in [4.69, 9.17) is 24.4 Å². The first-order valence-corrected chi connectivity index (χ1v) is 20.1. The predicted octanol–water partition coefficient (Wildman–Crippen LogP) is 13.0. The highest BCUT2D eigenvalue weighted by molar-refractivity contribution is 5.97. The Labute approximate surface area is 335 Å². The van der Waals surface area contributed by atoms with Gasteiger partial charge in [-0.2, -0.15) is 0 Å². The molecule has 2 aliphatic rings. The second kappa shape index (κ2) is 13.9. The van der Waals surface area contributed by atoms with Gasteiger partial charge in [0.1, 0.15) is 24.3 Å². The molecule has 3 heterocycles. The molecule has 4 aromatic carbocycles. The Balaban J connectivity index is 1.26. The molecule has 0 unspecified atom stereocenters. The molecule has 5 aromatic rings. The summed E-state index contributed by atoms with van der Waals surface area (Å²) in [6.45, 7) is 28.3. The maximum absolute atomic E-state index is 6.36. The number of ether oxygens (including phenoxy) is 2. The van der Waals surface area contributed by atoms with Crippen LogP contribution in [0, 0.1) is 21.7 Å². The molecule has 0 bridgehead atoms. The van der Waals surface area contributed by atoms with Gasteiger partial charge in [-0.05, 0) is 80.3 Å². The predicted molar refractivity (Wildman–Crippen MR) is 234 cm³/mol. The summed E-state index contributed by atoms with van der Waals surface area (Å²) in [5, 5.41) is 0. The molecule has 56 heavy (non-hydrogen) atoms. The summed E-state index contributed by atoms with van der Waals surface area (Å²) < 4.78 is 12.7. The second-order valence-corrected chi connectivity index (χ2v) is 19.9. The van der Waals surface area contributed by atoms with E-state index in [0.717, 1.165) is 44.8 Å². The minimum absolute atomic E-state index is 0.0633. The summed E-state index contributed by atoms with van der Waals surface area (Å²) in [7, 11) is 0. The fourth-order valence-electron chi connectivity index (χ4n) is 8.95. The van der Waals surface area contributed by atoms with Crippen molar-refractivity contribution in [3.05, 3.63) is 126 Å². The Bertz CT molecular complexity index is 2110. The van der Waals surface area contributed by atoms with Crippen LogP contribution in [0.15, 0.2) is 125 Å². The Hall–Kier alpha value is -5.03. The standard InChI is InChI=1S/C51H59N3O2/c1-46(2,3)50(47(4,5)6)32-55-44(53-50)39-26-22-37(23-27-39)42-30-41(36-20-18-35(19-21-36)34-16-14-13-15-17-34)31-43(52-42)38-24-28-40(29-25-38)45-54-51(33-56-45,48(7,8)9)49(10,11)12/h13-31H,32-33H2,1-12H3. The summed E-state index contributed by atoms with van der Waals surface area (Å²) in [6.07, 6.45) is 0. The van der Waals surface area contributed by atoms with E-state index in [2.05, 4.69) is 198 Å². The highest BCUT2D eigenvalue weighted by Gasteiger charge is 2.55. The van der Waals surface area contributed by atoms with E-state index in [1.54, 1.807) is 0 Å². The molecule has 290 valence electrons. The number of benzene rings is 4. The van der Waals surface area contributed by atoms with Gasteiger partial charge in [0.25, 0.3) is 0 Å². The molecule has 7 rings (SSSR count). The first kappa shape index (κ1) is 39.2. The lowest BCUT2D eigenvalue weighted by Gasteiger charge is -2.47. The molecule has 1 aromatic heterocycles. The third-order valence-corrected chi connectivity index (χ3v) is 12.4. The molecule has 0 N–H and O–H groups in total. The number of pyridine rings is 1. The molecule has 0 spiro atoms. The number of rotatable bonds is 6. The van der Waals surface area contributed by atoms with Crippen molar-refractivity contribution >= 4 is 11.8 Å². The van der Waals surface area contributed by atoms with Crippen LogP contribution in [0.4, 0.5) is 0 Å². The molecular weight excluding hydrogens is 687 g/mol. The maximum Gasteiger partial charge on any atom is 0.216 e. The molecule has 0 atom stereocenters. The average molecular weight is 746 g/mol. The van der Waals surface area contributed by atoms with Crippen LogP contribution >= 0.6 is 0 Å².